The lowest BCUT2D eigenvalue weighted by Gasteiger charge is -2.28. The molecule has 0 N–H and O–H groups in total. The maximum atomic E-state index is 13.1. The molecule has 2 aliphatic rings. The molecule has 2 aliphatic heterocycles. The second-order valence-electron chi connectivity index (χ2n) is 7.70. The Hall–Kier alpha value is -2.29. The third-order valence-electron chi connectivity index (χ3n) is 5.63. The molecule has 0 bridgehead atoms. The van der Waals surface area contributed by atoms with Gasteiger partial charge in [0.05, 0.1) is 18.0 Å². The molecule has 1 aromatic heterocycles. The lowest BCUT2D eigenvalue weighted by molar-refractivity contribution is -0.116. The van der Waals surface area contributed by atoms with Gasteiger partial charge in [-0.05, 0) is 50.2 Å². The number of nitrogens with zero attached hydrogens (tertiary/aromatic N) is 5. The summed E-state index contributed by atoms with van der Waals surface area (Å²) in [5.41, 5.74) is 2.06. The third-order valence-corrected chi connectivity index (χ3v) is 7.59. The maximum Gasteiger partial charge on any atom is 0.237 e. The standard InChI is InChI=1S/C23H25N5OS2/c29-22(27-14-15-30-20-11-5-4-10-19(20)27)17-31-23-25-24-21(16-26-12-6-7-13-26)28(23)18-8-2-1-3-9-18/h1-5,8-11H,6-7,12-17H2. The van der Waals surface area contributed by atoms with Gasteiger partial charge in [0.2, 0.25) is 5.91 Å². The summed E-state index contributed by atoms with van der Waals surface area (Å²) in [5, 5.41) is 9.75. The summed E-state index contributed by atoms with van der Waals surface area (Å²) in [5.74, 6) is 2.31. The second kappa shape index (κ2) is 9.46. The molecule has 2 aromatic carbocycles. The van der Waals surface area contributed by atoms with Crippen LogP contribution < -0.4 is 4.90 Å². The molecule has 1 amide bonds. The van der Waals surface area contributed by atoms with Crippen molar-refractivity contribution in [3.05, 3.63) is 60.4 Å². The zero-order valence-electron chi connectivity index (χ0n) is 17.3. The normalized spacial score (nSPS) is 16.5. The molecule has 0 spiro atoms. The predicted octanol–water partition coefficient (Wildman–Crippen LogP) is 4.09. The number of amides is 1. The molecular formula is C23H25N5OS2. The van der Waals surface area contributed by atoms with Crippen LogP contribution in [0.25, 0.3) is 5.69 Å². The predicted molar refractivity (Wildman–Crippen MR) is 126 cm³/mol. The SMILES string of the molecule is O=C(CSc1nnc(CN2CCCC2)n1-c1ccccc1)N1CCSc2ccccc21. The highest BCUT2D eigenvalue weighted by atomic mass is 32.2. The highest BCUT2D eigenvalue weighted by Gasteiger charge is 2.24. The summed E-state index contributed by atoms with van der Waals surface area (Å²) in [6, 6.07) is 18.3. The first-order valence-corrected chi connectivity index (χ1v) is 12.6. The van der Waals surface area contributed by atoms with Crippen LogP contribution in [0, 0.1) is 0 Å². The summed E-state index contributed by atoms with van der Waals surface area (Å²) in [6.07, 6.45) is 2.48. The van der Waals surface area contributed by atoms with Crippen LogP contribution in [0.3, 0.4) is 0 Å². The van der Waals surface area contributed by atoms with Gasteiger partial charge in [-0.1, -0.05) is 42.1 Å². The summed E-state index contributed by atoms with van der Waals surface area (Å²) in [7, 11) is 0. The van der Waals surface area contributed by atoms with E-state index in [1.807, 2.05) is 53.1 Å². The fourth-order valence-corrected chi connectivity index (χ4v) is 5.95. The average Bonchev–Trinajstić information content (AvgIpc) is 3.48. The number of anilines is 1. The van der Waals surface area contributed by atoms with Crippen molar-refractivity contribution in [1.29, 1.82) is 0 Å². The molecule has 3 heterocycles. The van der Waals surface area contributed by atoms with Crippen LogP contribution in [0.1, 0.15) is 18.7 Å². The van der Waals surface area contributed by atoms with Gasteiger partial charge in [0, 0.05) is 22.9 Å². The molecule has 3 aromatic rings. The first kappa shape index (κ1) is 20.6. The van der Waals surface area contributed by atoms with E-state index in [9.17, 15) is 4.79 Å². The maximum absolute atomic E-state index is 13.1. The molecule has 5 rings (SSSR count). The van der Waals surface area contributed by atoms with E-state index in [1.54, 1.807) is 0 Å². The van der Waals surface area contributed by atoms with Crippen LogP contribution in [-0.4, -0.2) is 56.7 Å². The summed E-state index contributed by atoms with van der Waals surface area (Å²) < 4.78 is 2.11. The molecule has 8 heteroatoms. The number of para-hydroxylation sites is 2. The number of carbonyl (C=O) groups excluding carboxylic acids is 1. The quantitative estimate of drug-likeness (QED) is 0.526. The minimum Gasteiger partial charge on any atom is -0.310 e. The molecule has 1 fully saturated rings. The number of hydrogen-bond acceptors (Lipinski definition) is 6. The van der Waals surface area contributed by atoms with Crippen LogP contribution in [0.5, 0.6) is 0 Å². The van der Waals surface area contributed by atoms with Crippen molar-refractivity contribution in [2.45, 2.75) is 29.4 Å². The zero-order valence-corrected chi connectivity index (χ0v) is 18.9. The highest BCUT2D eigenvalue weighted by Crippen LogP contribution is 2.35. The number of likely N-dealkylation sites (tertiary alicyclic amines) is 1. The Bertz CT molecular complexity index is 1050. The van der Waals surface area contributed by atoms with Crippen LogP contribution in [0.15, 0.2) is 64.6 Å². The average molecular weight is 452 g/mol. The van der Waals surface area contributed by atoms with Gasteiger partial charge >= 0.3 is 0 Å². The van der Waals surface area contributed by atoms with Crippen molar-refractivity contribution in [3.8, 4) is 5.69 Å². The van der Waals surface area contributed by atoms with Crippen molar-refractivity contribution < 1.29 is 4.79 Å². The van der Waals surface area contributed by atoms with Crippen molar-refractivity contribution in [3.63, 3.8) is 0 Å². The van der Waals surface area contributed by atoms with Crippen LogP contribution in [0.2, 0.25) is 0 Å². The van der Waals surface area contributed by atoms with Crippen molar-refractivity contribution in [1.82, 2.24) is 19.7 Å². The highest BCUT2D eigenvalue weighted by molar-refractivity contribution is 8.00. The van der Waals surface area contributed by atoms with Gasteiger partial charge in [-0.3, -0.25) is 14.3 Å². The van der Waals surface area contributed by atoms with E-state index in [-0.39, 0.29) is 5.91 Å². The molecule has 0 saturated carbocycles. The Labute approximate surface area is 191 Å². The Morgan fingerprint density at radius 1 is 0.968 bits per heavy atom. The number of thioether (sulfide) groups is 2. The van der Waals surface area contributed by atoms with Gasteiger partial charge in [0.25, 0.3) is 0 Å². The van der Waals surface area contributed by atoms with Gasteiger partial charge in [0.15, 0.2) is 11.0 Å². The molecule has 0 radical (unpaired) electrons. The first-order valence-electron chi connectivity index (χ1n) is 10.7. The minimum atomic E-state index is 0.112. The van der Waals surface area contributed by atoms with E-state index in [4.69, 9.17) is 0 Å². The van der Waals surface area contributed by atoms with Crippen molar-refractivity contribution in [2.24, 2.45) is 0 Å². The number of hydrogen-bond donors (Lipinski definition) is 0. The molecule has 1 saturated heterocycles. The smallest absolute Gasteiger partial charge is 0.237 e. The summed E-state index contributed by atoms with van der Waals surface area (Å²) >= 11 is 3.28. The fourth-order valence-electron chi connectivity index (χ4n) is 4.11. The van der Waals surface area contributed by atoms with E-state index in [1.165, 1.54) is 29.5 Å². The van der Waals surface area contributed by atoms with E-state index in [2.05, 4.69) is 37.9 Å². The molecular weight excluding hydrogens is 426 g/mol. The number of carbonyl (C=O) groups is 1. The van der Waals surface area contributed by atoms with Crippen LogP contribution in [-0.2, 0) is 11.3 Å². The molecule has 160 valence electrons. The van der Waals surface area contributed by atoms with Gasteiger partial charge in [-0.15, -0.1) is 22.0 Å². The van der Waals surface area contributed by atoms with Gasteiger partial charge in [-0.2, -0.15) is 0 Å². The Morgan fingerprint density at radius 2 is 1.74 bits per heavy atom. The number of benzene rings is 2. The Morgan fingerprint density at radius 3 is 2.58 bits per heavy atom. The largest absolute Gasteiger partial charge is 0.310 e. The number of fused-ring (bicyclic) bond motifs is 1. The molecule has 0 atom stereocenters. The van der Waals surface area contributed by atoms with E-state index in [0.29, 0.717) is 5.75 Å². The lowest BCUT2D eigenvalue weighted by Crippen LogP contribution is -2.36. The summed E-state index contributed by atoms with van der Waals surface area (Å²) in [6.45, 7) is 3.74. The Kier molecular flexibility index (Phi) is 6.29. The third kappa shape index (κ3) is 4.51. The zero-order chi connectivity index (χ0) is 21.0. The van der Waals surface area contributed by atoms with E-state index >= 15 is 0 Å². The summed E-state index contributed by atoms with van der Waals surface area (Å²) in [4.78, 5) is 18.6. The van der Waals surface area contributed by atoms with Crippen LogP contribution in [0.4, 0.5) is 5.69 Å². The van der Waals surface area contributed by atoms with Crippen LogP contribution >= 0.6 is 23.5 Å². The Balaban J connectivity index is 1.36. The topological polar surface area (TPSA) is 54.3 Å². The molecule has 6 nitrogen and oxygen atoms in total. The van der Waals surface area contributed by atoms with E-state index in [0.717, 1.165) is 54.3 Å². The monoisotopic (exact) mass is 451 g/mol. The first-order chi connectivity index (χ1) is 15.3. The van der Waals surface area contributed by atoms with Crippen molar-refractivity contribution >= 4 is 35.1 Å². The van der Waals surface area contributed by atoms with Crippen molar-refractivity contribution in [2.75, 3.05) is 36.0 Å². The second-order valence-corrected chi connectivity index (χ2v) is 9.78. The number of aromatic nitrogens is 3. The minimum absolute atomic E-state index is 0.112. The lowest BCUT2D eigenvalue weighted by atomic mass is 10.3. The van der Waals surface area contributed by atoms with Gasteiger partial charge in [0.1, 0.15) is 0 Å². The van der Waals surface area contributed by atoms with Gasteiger partial charge in [-0.25, -0.2) is 0 Å². The fraction of sp³-hybridized carbons (Fsp3) is 0.348. The van der Waals surface area contributed by atoms with E-state index < -0.39 is 0 Å². The molecule has 31 heavy (non-hydrogen) atoms. The molecule has 0 aliphatic carbocycles. The molecule has 0 unspecified atom stereocenters. The van der Waals surface area contributed by atoms with Gasteiger partial charge < -0.3 is 4.90 Å². The number of rotatable bonds is 6.